The first kappa shape index (κ1) is 10.6. The van der Waals surface area contributed by atoms with E-state index in [1.165, 1.54) is 0 Å². The number of rotatable bonds is 2. The molecule has 0 aromatic carbocycles. The molecule has 84 valence electrons. The van der Waals surface area contributed by atoms with Crippen LogP contribution in [0.25, 0.3) is 11.0 Å². The lowest BCUT2D eigenvalue weighted by atomic mass is 10.2. The van der Waals surface area contributed by atoms with E-state index in [2.05, 4.69) is 10.1 Å². The lowest BCUT2D eigenvalue weighted by Crippen LogP contribution is -2.08. The van der Waals surface area contributed by atoms with Crippen molar-refractivity contribution in [3.05, 3.63) is 23.5 Å². The summed E-state index contributed by atoms with van der Waals surface area (Å²) in [5, 5.41) is 14.1. The smallest absolute Gasteiger partial charge is 0.354 e. The van der Waals surface area contributed by atoms with E-state index in [4.69, 9.17) is 5.11 Å². The molecule has 0 fully saturated rings. The monoisotopic (exact) mass is 219 g/mol. The number of carboxylic acids is 1. The highest BCUT2D eigenvalue weighted by Crippen LogP contribution is 2.18. The van der Waals surface area contributed by atoms with Gasteiger partial charge in [0, 0.05) is 11.4 Å². The van der Waals surface area contributed by atoms with Crippen molar-refractivity contribution in [2.45, 2.75) is 26.8 Å². The van der Waals surface area contributed by atoms with Gasteiger partial charge in [-0.15, -0.1) is 0 Å². The van der Waals surface area contributed by atoms with Crippen molar-refractivity contribution in [3.8, 4) is 0 Å². The second kappa shape index (κ2) is 3.59. The molecule has 2 aromatic rings. The van der Waals surface area contributed by atoms with Crippen LogP contribution in [0.1, 0.15) is 35.9 Å². The standard InChI is InChI=1S/C11H13N3O2/c1-6(2)14-10-8(5-12-14)4-7(3)9(13-10)11(15)16/h4-6H,1-3H3,(H,15,16). The average molecular weight is 219 g/mol. The lowest BCUT2D eigenvalue weighted by molar-refractivity contribution is 0.0690. The van der Waals surface area contributed by atoms with Crippen LogP contribution in [0.4, 0.5) is 0 Å². The number of nitrogens with zero attached hydrogens (tertiary/aromatic N) is 3. The molecule has 0 spiro atoms. The Labute approximate surface area is 92.7 Å². The quantitative estimate of drug-likeness (QED) is 0.839. The van der Waals surface area contributed by atoms with Gasteiger partial charge in [-0.2, -0.15) is 5.10 Å². The first-order chi connectivity index (χ1) is 7.50. The van der Waals surface area contributed by atoms with Crippen molar-refractivity contribution in [2.75, 3.05) is 0 Å². The fourth-order valence-corrected chi connectivity index (χ4v) is 1.68. The molecule has 0 aliphatic rings. The molecule has 0 saturated carbocycles. The Morgan fingerprint density at radius 3 is 2.75 bits per heavy atom. The van der Waals surface area contributed by atoms with Crippen LogP contribution >= 0.6 is 0 Å². The van der Waals surface area contributed by atoms with Gasteiger partial charge >= 0.3 is 5.97 Å². The normalized spacial score (nSPS) is 11.2. The van der Waals surface area contributed by atoms with Gasteiger partial charge in [0.15, 0.2) is 11.3 Å². The second-order valence-corrected chi connectivity index (χ2v) is 4.05. The number of aromatic carboxylic acids is 1. The molecule has 0 radical (unpaired) electrons. The molecule has 0 aliphatic heterocycles. The van der Waals surface area contributed by atoms with E-state index in [1.807, 2.05) is 13.8 Å². The van der Waals surface area contributed by atoms with E-state index in [0.29, 0.717) is 11.2 Å². The molecule has 5 heteroatoms. The maximum absolute atomic E-state index is 11.0. The first-order valence-electron chi connectivity index (χ1n) is 5.09. The van der Waals surface area contributed by atoms with Crippen LogP contribution < -0.4 is 0 Å². The van der Waals surface area contributed by atoms with Crippen molar-refractivity contribution >= 4 is 17.0 Å². The summed E-state index contributed by atoms with van der Waals surface area (Å²) in [6.07, 6.45) is 1.71. The minimum Gasteiger partial charge on any atom is -0.477 e. The molecule has 16 heavy (non-hydrogen) atoms. The fourth-order valence-electron chi connectivity index (χ4n) is 1.68. The van der Waals surface area contributed by atoms with Gasteiger partial charge in [-0.3, -0.25) is 0 Å². The second-order valence-electron chi connectivity index (χ2n) is 4.05. The minimum absolute atomic E-state index is 0.0925. The van der Waals surface area contributed by atoms with Crippen LogP contribution in [0, 0.1) is 6.92 Å². The van der Waals surface area contributed by atoms with Gasteiger partial charge in [-0.25, -0.2) is 14.5 Å². The van der Waals surface area contributed by atoms with Crippen molar-refractivity contribution in [2.24, 2.45) is 0 Å². The number of carbonyl (C=O) groups is 1. The Bertz CT molecular complexity index is 558. The van der Waals surface area contributed by atoms with Crippen LogP contribution in [0.15, 0.2) is 12.3 Å². The van der Waals surface area contributed by atoms with Crippen molar-refractivity contribution in [1.29, 1.82) is 0 Å². The highest BCUT2D eigenvalue weighted by molar-refractivity contribution is 5.90. The predicted octanol–water partition coefficient (Wildman–Crippen LogP) is 2.02. The number of pyridine rings is 1. The molecule has 1 N–H and O–H groups in total. The zero-order valence-electron chi connectivity index (χ0n) is 9.43. The number of aryl methyl sites for hydroxylation is 1. The topological polar surface area (TPSA) is 68.0 Å². The van der Waals surface area contributed by atoms with Crippen LogP contribution in [0.3, 0.4) is 0 Å². The largest absolute Gasteiger partial charge is 0.477 e. The Morgan fingerprint density at radius 2 is 2.19 bits per heavy atom. The summed E-state index contributed by atoms with van der Waals surface area (Å²) in [4.78, 5) is 15.1. The lowest BCUT2D eigenvalue weighted by Gasteiger charge is -2.07. The van der Waals surface area contributed by atoms with Crippen LogP contribution in [-0.4, -0.2) is 25.8 Å². The first-order valence-corrected chi connectivity index (χ1v) is 5.09. The maximum atomic E-state index is 11.0. The molecule has 0 unspecified atom stereocenters. The molecule has 0 aliphatic carbocycles. The molecule has 0 amide bonds. The number of hydrogen-bond acceptors (Lipinski definition) is 3. The molecule has 2 rings (SSSR count). The Kier molecular flexibility index (Phi) is 2.38. The molecule has 0 atom stereocenters. The molecule has 5 nitrogen and oxygen atoms in total. The van der Waals surface area contributed by atoms with Crippen LogP contribution in [0.2, 0.25) is 0 Å². The Morgan fingerprint density at radius 1 is 1.50 bits per heavy atom. The van der Waals surface area contributed by atoms with Gasteiger partial charge in [-0.05, 0) is 32.4 Å². The zero-order valence-corrected chi connectivity index (χ0v) is 9.43. The van der Waals surface area contributed by atoms with Gasteiger partial charge in [-0.1, -0.05) is 0 Å². The third-order valence-electron chi connectivity index (χ3n) is 2.45. The summed E-state index contributed by atoms with van der Waals surface area (Å²) < 4.78 is 1.72. The van der Waals surface area contributed by atoms with E-state index in [9.17, 15) is 4.79 Å². The van der Waals surface area contributed by atoms with Crippen molar-refractivity contribution in [1.82, 2.24) is 14.8 Å². The summed E-state index contributed by atoms with van der Waals surface area (Å²) in [5.41, 5.74) is 1.37. The summed E-state index contributed by atoms with van der Waals surface area (Å²) in [6, 6.07) is 1.96. The highest BCUT2D eigenvalue weighted by Gasteiger charge is 2.14. The number of carboxylic acid groups (broad SMARTS) is 1. The van der Waals surface area contributed by atoms with Crippen LogP contribution in [-0.2, 0) is 0 Å². The van der Waals surface area contributed by atoms with Gasteiger partial charge in [0.05, 0.1) is 6.20 Å². The summed E-state index contributed by atoms with van der Waals surface area (Å²) in [6.45, 7) is 5.70. The summed E-state index contributed by atoms with van der Waals surface area (Å²) in [7, 11) is 0. The third kappa shape index (κ3) is 1.54. The molecule has 2 heterocycles. The number of fused-ring (bicyclic) bond motifs is 1. The fraction of sp³-hybridized carbons (Fsp3) is 0.364. The summed E-state index contributed by atoms with van der Waals surface area (Å²) >= 11 is 0. The molecule has 0 saturated heterocycles. The van der Waals surface area contributed by atoms with Gasteiger partial charge < -0.3 is 5.11 Å². The summed E-state index contributed by atoms with van der Waals surface area (Å²) in [5.74, 6) is -1.00. The van der Waals surface area contributed by atoms with Crippen molar-refractivity contribution < 1.29 is 9.90 Å². The molecular formula is C11H13N3O2. The van der Waals surface area contributed by atoms with E-state index in [0.717, 1.165) is 5.39 Å². The maximum Gasteiger partial charge on any atom is 0.354 e. The number of hydrogen-bond donors (Lipinski definition) is 1. The Balaban J connectivity index is 2.74. The zero-order chi connectivity index (χ0) is 11.9. The molecule has 2 aromatic heterocycles. The van der Waals surface area contributed by atoms with E-state index in [1.54, 1.807) is 23.9 Å². The average Bonchev–Trinajstić information content (AvgIpc) is 2.58. The predicted molar refractivity (Wildman–Crippen MR) is 59.6 cm³/mol. The molecular weight excluding hydrogens is 206 g/mol. The van der Waals surface area contributed by atoms with E-state index in [-0.39, 0.29) is 11.7 Å². The number of aromatic nitrogens is 3. The Hall–Kier alpha value is -1.91. The van der Waals surface area contributed by atoms with E-state index < -0.39 is 5.97 Å². The highest BCUT2D eigenvalue weighted by atomic mass is 16.4. The van der Waals surface area contributed by atoms with Gasteiger partial charge in [0.2, 0.25) is 0 Å². The van der Waals surface area contributed by atoms with Gasteiger partial charge in [0.1, 0.15) is 0 Å². The van der Waals surface area contributed by atoms with E-state index >= 15 is 0 Å². The molecule has 0 bridgehead atoms. The van der Waals surface area contributed by atoms with Crippen molar-refractivity contribution in [3.63, 3.8) is 0 Å². The van der Waals surface area contributed by atoms with Gasteiger partial charge in [0.25, 0.3) is 0 Å². The SMILES string of the molecule is Cc1cc2cnn(C(C)C)c2nc1C(=O)O. The minimum atomic E-state index is -1.00. The third-order valence-corrected chi connectivity index (χ3v) is 2.45. The van der Waals surface area contributed by atoms with Crippen LogP contribution in [0.5, 0.6) is 0 Å².